The second-order valence-electron chi connectivity index (χ2n) is 2.93. The fourth-order valence-corrected chi connectivity index (χ4v) is 1.05. The Balaban J connectivity index is 3.01. The number of ether oxygens (including phenoxy) is 1. The summed E-state index contributed by atoms with van der Waals surface area (Å²) in [7, 11) is 1.29. The molecule has 88 valence electrons. The second-order valence-corrected chi connectivity index (χ2v) is 2.93. The van der Waals surface area contributed by atoms with Gasteiger partial charge >= 0.3 is 12.1 Å². The van der Waals surface area contributed by atoms with Crippen molar-refractivity contribution < 1.29 is 22.7 Å². The zero-order valence-electron chi connectivity index (χ0n) is 8.55. The molecule has 0 saturated heterocycles. The van der Waals surface area contributed by atoms with E-state index in [1.807, 2.05) is 0 Å². The number of aromatic nitrogens is 1. The summed E-state index contributed by atoms with van der Waals surface area (Å²) in [5.74, 6) is -1.92. The third-order valence-electron chi connectivity index (χ3n) is 1.82. The van der Waals surface area contributed by atoms with E-state index in [-0.39, 0.29) is 17.1 Å². The molecule has 1 amide bonds. The van der Waals surface area contributed by atoms with E-state index < -0.39 is 12.1 Å². The fraction of sp³-hybridized carbons (Fsp3) is 0.333. The molecule has 0 atom stereocenters. The standard InChI is InChI=1S/C9H9F3N2O2/c1-5-7(6(16-2)3-4-13-5)14-8(15)9(10,11)12/h3-4H,1-2H3,(H,14,15). The van der Waals surface area contributed by atoms with Crippen LogP contribution in [0.15, 0.2) is 12.3 Å². The Kier molecular flexibility index (Phi) is 3.36. The third-order valence-corrected chi connectivity index (χ3v) is 1.82. The fourth-order valence-electron chi connectivity index (χ4n) is 1.05. The topological polar surface area (TPSA) is 51.2 Å². The number of halogens is 3. The van der Waals surface area contributed by atoms with Gasteiger partial charge in [0.1, 0.15) is 11.4 Å². The second kappa shape index (κ2) is 4.38. The number of hydrogen-bond donors (Lipinski definition) is 1. The summed E-state index contributed by atoms with van der Waals surface area (Å²) in [6.07, 6.45) is -3.56. The number of pyridine rings is 1. The Morgan fingerprint density at radius 2 is 2.12 bits per heavy atom. The third kappa shape index (κ3) is 2.62. The van der Waals surface area contributed by atoms with E-state index >= 15 is 0 Å². The molecule has 0 saturated carbocycles. The first kappa shape index (κ1) is 12.3. The average molecular weight is 234 g/mol. The van der Waals surface area contributed by atoms with E-state index in [2.05, 4.69) is 4.98 Å². The number of carbonyl (C=O) groups excluding carboxylic acids is 1. The van der Waals surface area contributed by atoms with Crippen molar-refractivity contribution in [3.8, 4) is 5.75 Å². The van der Waals surface area contributed by atoms with Gasteiger partial charge in [0.2, 0.25) is 0 Å². The molecular weight excluding hydrogens is 225 g/mol. The van der Waals surface area contributed by atoms with Crippen LogP contribution in [0.5, 0.6) is 5.75 Å². The summed E-state index contributed by atoms with van der Waals surface area (Å²) < 4.78 is 40.9. The van der Waals surface area contributed by atoms with Crippen LogP contribution in [0, 0.1) is 6.92 Å². The minimum Gasteiger partial charge on any atom is -0.494 e. The van der Waals surface area contributed by atoms with E-state index in [4.69, 9.17) is 4.74 Å². The highest BCUT2D eigenvalue weighted by atomic mass is 19.4. The molecule has 0 aliphatic heterocycles. The number of anilines is 1. The Morgan fingerprint density at radius 1 is 1.50 bits per heavy atom. The van der Waals surface area contributed by atoms with E-state index in [0.29, 0.717) is 0 Å². The predicted molar refractivity (Wildman–Crippen MR) is 50.2 cm³/mol. The molecule has 7 heteroatoms. The largest absolute Gasteiger partial charge is 0.494 e. The molecule has 1 heterocycles. The maximum Gasteiger partial charge on any atom is 0.471 e. The minimum atomic E-state index is -4.94. The quantitative estimate of drug-likeness (QED) is 0.850. The van der Waals surface area contributed by atoms with Crippen LogP contribution in [0.1, 0.15) is 5.69 Å². The highest BCUT2D eigenvalue weighted by Crippen LogP contribution is 2.28. The first-order valence-electron chi connectivity index (χ1n) is 4.24. The number of amides is 1. The Hall–Kier alpha value is -1.79. The minimum absolute atomic E-state index is 0.0766. The van der Waals surface area contributed by atoms with Gasteiger partial charge in [-0.3, -0.25) is 9.78 Å². The van der Waals surface area contributed by atoms with Gasteiger partial charge in [-0.1, -0.05) is 0 Å². The number of hydrogen-bond acceptors (Lipinski definition) is 3. The number of methoxy groups -OCH3 is 1. The van der Waals surface area contributed by atoms with Crippen molar-refractivity contribution in [3.05, 3.63) is 18.0 Å². The lowest BCUT2D eigenvalue weighted by atomic mass is 10.3. The first-order chi connectivity index (χ1) is 7.36. The summed E-state index contributed by atoms with van der Waals surface area (Å²) in [5, 5.41) is 1.72. The van der Waals surface area contributed by atoms with Crippen LogP contribution in [-0.4, -0.2) is 24.2 Å². The van der Waals surface area contributed by atoms with Gasteiger partial charge in [0, 0.05) is 12.3 Å². The van der Waals surface area contributed by atoms with E-state index in [9.17, 15) is 18.0 Å². The monoisotopic (exact) mass is 234 g/mol. The first-order valence-corrected chi connectivity index (χ1v) is 4.24. The molecule has 0 aromatic carbocycles. The Bertz CT molecular complexity index is 404. The SMILES string of the molecule is COc1ccnc(C)c1NC(=O)C(F)(F)F. The molecule has 0 aliphatic carbocycles. The number of aryl methyl sites for hydroxylation is 1. The van der Waals surface area contributed by atoms with Crippen LogP contribution in [-0.2, 0) is 4.79 Å². The van der Waals surface area contributed by atoms with Crippen LogP contribution in [0.3, 0.4) is 0 Å². The van der Waals surface area contributed by atoms with Crippen molar-refractivity contribution in [2.75, 3.05) is 12.4 Å². The van der Waals surface area contributed by atoms with Crippen LogP contribution in [0.25, 0.3) is 0 Å². The van der Waals surface area contributed by atoms with Gasteiger partial charge in [0.25, 0.3) is 0 Å². The molecule has 0 aliphatic rings. The van der Waals surface area contributed by atoms with Gasteiger partial charge in [-0.15, -0.1) is 0 Å². The molecule has 1 rings (SSSR count). The van der Waals surface area contributed by atoms with Gasteiger partial charge in [-0.2, -0.15) is 13.2 Å². The maximum atomic E-state index is 12.0. The summed E-state index contributed by atoms with van der Waals surface area (Å²) in [6.45, 7) is 1.47. The molecule has 0 fully saturated rings. The van der Waals surface area contributed by atoms with Crippen molar-refractivity contribution in [3.63, 3.8) is 0 Å². The molecule has 16 heavy (non-hydrogen) atoms. The predicted octanol–water partition coefficient (Wildman–Crippen LogP) is 1.90. The number of nitrogens with one attached hydrogen (secondary N) is 1. The molecule has 0 spiro atoms. The van der Waals surface area contributed by atoms with Crippen LogP contribution >= 0.6 is 0 Å². The Labute approximate surface area is 89.4 Å². The highest BCUT2D eigenvalue weighted by Gasteiger charge is 2.39. The van der Waals surface area contributed by atoms with E-state index in [1.54, 1.807) is 5.32 Å². The lowest BCUT2D eigenvalue weighted by Crippen LogP contribution is -2.30. The van der Waals surface area contributed by atoms with Crippen molar-refractivity contribution >= 4 is 11.6 Å². The molecule has 1 aromatic rings. The molecule has 0 bridgehead atoms. The normalized spacial score (nSPS) is 11.1. The molecule has 1 N–H and O–H groups in total. The van der Waals surface area contributed by atoms with Gasteiger partial charge in [0.15, 0.2) is 0 Å². The van der Waals surface area contributed by atoms with Crippen LogP contribution in [0.4, 0.5) is 18.9 Å². The van der Waals surface area contributed by atoms with E-state index in [1.165, 1.54) is 26.3 Å². The lowest BCUT2D eigenvalue weighted by molar-refractivity contribution is -0.167. The van der Waals surface area contributed by atoms with Crippen molar-refractivity contribution in [2.24, 2.45) is 0 Å². The number of carbonyl (C=O) groups is 1. The average Bonchev–Trinajstić information content (AvgIpc) is 2.19. The zero-order chi connectivity index (χ0) is 12.3. The van der Waals surface area contributed by atoms with Gasteiger partial charge in [-0.25, -0.2) is 0 Å². The maximum absolute atomic E-state index is 12.0. The van der Waals surface area contributed by atoms with Crippen LogP contribution in [0.2, 0.25) is 0 Å². The number of rotatable bonds is 2. The molecule has 0 unspecified atom stereocenters. The lowest BCUT2D eigenvalue weighted by Gasteiger charge is -2.12. The van der Waals surface area contributed by atoms with Crippen LogP contribution < -0.4 is 10.1 Å². The summed E-state index contributed by atoms with van der Waals surface area (Å²) >= 11 is 0. The number of nitrogens with zero attached hydrogens (tertiary/aromatic N) is 1. The molecular formula is C9H9F3N2O2. The number of alkyl halides is 3. The Morgan fingerprint density at radius 3 is 2.62 bits per heavy atom. The highest BCUT2D eigenvalue weighted by molar-refractivity contribution is 5.96. The van der Waals surface area contributed by atoms with Crippen molar-refractivity contribution in [1.82, 2.24) is 4.98 Å². The summed E-state index contributed by atoms with van der Waals surface area (Å²) in [4.78, 5) is 14.5. The smallest absolute Gasteiger partial charge is 0.471 e. The summed E-state index contributed by atoms with van der Waals surface area (Å²) in [6, 6.07) is 1.36. The van der Waals surface area contributed by atoms with Gasteiger partial charge in [-0.05, 0) is 6.92 Å². The van der Waals surface area contributed by atoms with Gasteiger partial charge in [0.05, 0.1) is 12.8 Å². The van der Waals surface area contributed by atoms with Gasteiger partial charge < -0.3 is 10.1 Å². The molecule has 1 aromatic heterocycles. The molecule has 0 radical (unpaired) electrons. The van der Waals surface area contributed by atoms with E-state index in [0.717, 1.165) is 0 Å². The zero-order valence-corrected chi connectivity index (χ0v) is 8.55. The van der Waals surface area contributed by atoms with Crippen molar-refractivity contribution in [2.45, 2.75) is 13.1 Å². The van der Waals surface area contributed by atoms with Crippen molar-refractivity contribution in [1.29, 1.82) is 0 Å². The molecule has 4 nitrogen and oxygen atoms in total. The summed E-state index contributed by atoms with van der Waals surface area (Å²) in [5.41, 5.74) is 0.171.